The maximum Gasteiger partial charge on any atom is 0.305 e. The van der Waals surface area contributed by atoms with Crippen molar-refractivity contribution in [3.63, 3.8) is 0 Å². The van der Waals surface area contributed by atoms with Crippen molar-refractivity contribution in [2.45, 2.75) is 32.1 Å². The molecular formula is C11H20N2O2. The van der Waals surface area contributed by atoms with Crippen LogP contribution < -0.4 is 0 Å². The van der Waals surface area contributed by atoms with E-state index in [1.807, 2.05) is 12.4 Å². The molecule has 86 valence electrons. The molecule has 0 spiro atoms. The van der Waals surface area contributed by atoms with Gasteiger partial charge in [-0.25, -0.2) is 0 Å². The maximum atomic E-state index is 10.7. The van der Waals surface area contributed by atoms with Gasteiger partial charge in [0, 0.05) is 20.0 Å². The van der Waals surface area contributed by atoms with Crippen LogP contribution in [-0.2, 0) is 9.53 Å². The highest BCUT2D eigenvalue weighted by atomic mass is 16.5. The summed E-state index contributed by atoms with van der Waals surface area (Å²) in [5.41, 5.74) is 0. The summed E-state index contributed by atoms with van der Waals surface area (Å²) in [5, 5.41) is 0. The highest BCUT2D eigenvalue weighted by Gasteiger charge is 1.96. The number of hydrogen-bond acceptors (Lipinski definition) is 4. The summed E-state index contributed by atoms with van der Waals surface area (Å²) in [6.45, 7) is 0.705. The van der Waals surface area contributed by atoms with Gasteiger partial charge in [0.1, 0.15) is 0 Å². The van der Waals surface area contributed by atoms with Crippen LogP contribution in [0.1, 0.15) is 32.1 Å². The standard InChI is InChI=1S/C11H20N2O2/c1-12-8-4-3-5-9-13-10-6-7-11(14)15-2/h8-9H,3-7,10H2,1-2H3. The van der Waals surface area contributed by atoms with Crippen LogP contribution in [0.5, 0.6) is 0 Å². The number of unbranched alkanes of at least 4 members (excludes halogenated alkanes) is 2. The van der Waals surface area contributed by atoms with E-state index in [1.54, 1.807) is 7.05 Å². The van der Waals surface area contributed by atoms with E-state index in [-0.39, 0.29) is 5.97 Å². The summed E-state index contributed by atoms with van der Waals surface area (Å²) >= 11 is 0. The van der Waals surface area contributed by atoms with Crippen LogP contribution in [0.15, 0.2) is 9.98 Å². The molecule has 0 radical (unpaired) electrons. The molecule has 0 aromatic heterocycles. The zero-order valence-electron chi connectivity index (χ0n) is 9.61. The molecule has 0 aromatic rings. The van der Waals surface area contributed by atoms with Crippen molar-refractivity contribution in [1.82, 2.24) is 0 Å². The number of carbonyl (C=O) groups excluding carboxylic acids is 1. The second-order valence-electron chi connectivity index (χ2n) is 3.14. The molecule has 0 aliphatic carbocycles. The molecule has 0 atom stereocenters. The fraction of sp³-hybridized carbons (Fsp3) is 0.727. The van der Waals surface area contributed by atoms with Gasteiger partial charge in [-0.15, -0.1) is 0 Å². The van der Waals surface area contributed by atoms with Gasteiger partial charge in [0.25, 0.3) is 0 Å². The first-order valence-corrected chi connectivity index (χ1v) is 5.27. The van der Waals surface area contributed by atoms with E-state index < -0.39 is 0 Å². The zero-order chi connectivity index (χ0) is 11.4. The smallest absolute Gasteiger partial charge is 0.305 e. The van der Waals surface area contributed by atoms with Crippen LogP contribution >= 0.6 is 0 Å². The van der Waals surface area contributed by atoms with Crippen molar-refractivity contribution in [3.05, 3.63) is 0 Å². The van der Waals surface area contributed by atoms with Crippen LogP contribution in [-0.4, -0.2) is 39.1 Å². The Kier molecular flexibility index (Phi) is 10.0. The number of hydrogen-bond donors (Lipinski definition) is 0. The number of methoxy groups -OCH3 is 1. The number of carbonyl (C=O) groups is 1. The van der Waals surface area contributed by atoms with Gasteiger partial charge in [-0.05, 0) is 38.1 Å². The molecule has 0 fully saturated rings. The van der Waals surface area contributed by atoms with Crippen LogP contribution in [0, 0.1) is 0 Å². The minimum absolute atomic E-state index is 0.163. The van der Waals surface area contributed by atoms with Gasteiger partial charge in [0.2, 0.25) is 0 Å². The minimum atomic E-state index is -0.163. The average molecular weight is 212 g/mol. The SMILES string of the molecule is CN=CCCCC=NCCCC(=O)OC. The minimum Gasteiger partial charge on any atom is -0.469 e. The molecule has 4 heteroatoms. The van der Waals surface area contributed by atoms with E-state index in [0.717, 1.165) is 25.7 Å². The molecule has 0 aliphatic heterocycles. The second kappa shape index (κ2) is 10.9. The van der Waals surface area contributed by atoms with Gasteiger partial charge in [0.15, 0.2) is 0 Å². The summed E-state index contributed by atoms with van der Waals surface area (Å²) in [7, 11) is 3.18. The molecule has 15 heavy (non-hydrogen) atoms. The molecular weight excluding hydrogens is 192 g/mol. The lowest BCUT2D eigenvalue weighted by Gasteiger charge is -1.95. The highest BCUT2D eigenvalue weighted by Crippen LogP contribution is 1.93. The van der Waals surface area contributed by atoms with Crippen LogP contribution in [0.25, 0.3) is 0 Å². The Morgan fingerprint density at radius 1 is 1.27 bits per heavy atom. The van der Waals surface area contributed by atoms with E-state index in [0.29, 0.717) is 13.0 Å². The van der Waals surface area contributed by atoms with E-state index >= 15 is 0 Å². The van der Waals surface area contributed by atoms with E-state index in [1.165, 1.54) is 7.11 Å². The van der Waals surface area contributed by atoms with Gasteiger partial charge in [-0.2, -0.15) is 0 Å². The average Bonchev–Trinajstić information content (AvgIpc) is 2.26. The topological polar surface area (TPSA) is 51.0 Å². The summed E-state index contributed by atoms with van der Waals surface area (Å²) in [6.07, 6.45) is 8.11. The Morgan fingerprint density at radius 2 is 2.00 bits per heavy atom. The first kappa shape index (κ1) is 13.8. The Hall–Kier alpha value is -1.19. The summed E-state index contributed by atoms with van der Waals surface area (Å²) in [5.74, 6) is -0.163. The van der Waals surface area contributed by atoms with Gasteiger partial charge >= 0.3 is 5.97 Å². The first-order valence-electron chi connectivity index (χ1n) is 5.27. The van der Waals surface area contributed by atoms with Gasteiger partial charge in [-0.3, -0.25) is 9.79 Å². The molecule has 0 saturated carbocycles. The number of aliphatic imine (C=N–C) groups is 2. The van der Waals surface area contributed by atoms with Gasteiger partial charge in [0.05, 0.1) is 7.11 Å². The van der Waals surface area contributed by atoms with Gasteiger partial charge < -0.3 is 9.73 Å². The Bertz CT molecular complexity index is 213. The maximum absolute atomic E-state index is 10.7. The normalized spacial score (nSPS) is 11.3. The molecule has 0 bridgehead atoms. The van der Waals surface area contributed by atoms with E-state index in [2.05, 4.69) is 14.7 Å². The molecule has 0 aromatic carbocycles. The molecule has 0 saturated heterocycles. The van der Waals surface area contributed by atoms with Crippen LogP contribution in [0.4, 0.5) is 0 Å². The lowest BCUT2D eigenvalue weighted by Crippen LogP contribution is -2.00. The van der Waals surface area contributed by atoms with Crippen molar-refractivity contribution >= 4 is 18.4 Å². The van der Waals surface area contributed by atoms with Crippen LogP contribution in [0.3, 0.4) is 0 Å². The number of ether oxygens (including phenoxy) is 1. The third-order valence-electron chi connectivity index (χ3n) is 1.87. The Balaban J connectivity index is 3.20. The van der Waals surface area contributed by atoms with E-state index in [9.17, 15) is 4.79 Å². The highest BCUT2D eigenvalue weighted by molar-refractivity contribution is 5.69. The molecule has 0 rings (SSSR count). The first-order chi connectivity index (χ1) is 7.31. The molecule has 0 amide bonds. The Morgan fingerprint density at radius 3 is 2.67 bits per heavy atom. The summed E-state index contributed by atoms with van der Waals surface area (Å²) < 4.78 is 4.52. The largest absolute Gasteiger partial charge is 0.469 e. The fourth-order valence-electron chi connectivity index (χ4n) is 1.03. The van der Waals surface area contributed by atoms with Crippen molar-refractivity contribution in [1.29, 1.82) is 0 Å². The summed E-state index contributed by atoms with van der Waals surface area (Å²) in [4.78, 5) is 18.8. The molecule has 4 nitrogen and oxygen atoms in total. The fourth-order valence-corrected chi connectivity index (χ4v) is 1.03. The number of esters is 1. The molecule has 0 N–H and O–H groups in total. The predicted octanol–water partition coefficient (Wildman–Crippen LogP) is 1.88. The summed E-state index contributed by atoms with van der Waals surface area (Å²) in [6, 6.07) is 0. The van der Waals surface area contributed by atoms with Crippen LogP contribution in [0.2, 0.25) is 0 Å². The third-order valence-corrected chi connectivity index (χ3v) is 1.87. The number of rotatable bonds is 8. The van der Waals surface area contributed by atoms with Crippen molar-refractivity contribution in [2.75, 3.05) is 20.7 Å². The van der Waals surface area contributed by atoms with Gasteiger partial charge in [-0.1, -0.05) is 0 Å². The third kappa shape index (κ3) is 10.7. The van der Waals surface area contributed by atoms with Crippen molar-refractivity contribution in [2.24, 2.45) is 9.98 Å². The number of nitrogens with zero attached hydrogens (tertiary/aromatic N) is 2. The van der Waals surface area contributed by atoms with Crippen molar-refractivity contribution in [3.8, 4) is 0 Å². The van der Waals surface area contributed by atoms with E-state index in [4.69, 9.17) is 0 Å². The molecule has 0 aliphatic rings. The quantitative estimate of drug-likeness (QED) is 0.350. The lowest BCUT2D eigenvalue weighted by atomic mass is 10.2. The lowest BCUT2D eigenvalue weighted by molar-refractivity contribution is -0.140. The predicted molar refractivity (Wildman–Crippen MR) is 62.9 cm³/mol. The monoisotopic (exact) mass is 212 g/mol. The second-order valence-corrected chi connectivity index (χ2v) is 3.14. The Labute approximate surface area is 91.5 Å². The zero-order valence-corrected chi connectivity index (χ0v) is 9.61. The van der Waals surface area contributed by atoms with Crippen molar-refractivity contribution < 1.29 is 9.53 Å². The molecule has 0 heterocycles. The molecule has 0 unspecified atom stereocenters.